The van der Waals surface area contributed by atoms with Crippen LogP contribution in [0.1, 0.15) is 72.4 Å². The molecule has 1 fully saturated rings. The Balaban J connectivity index is 1.80. The molecule has 3 rings (SSSR count). The maximum atomic E-state index is 13.0. The fourth-order valence-corrected chi connectivity index (χ4v) is 3.88. The van der Waals surface area contributed by atoms with Gasteiger partial charge in [0.25, 0.3) is 11.8 Å². The third kappa shape index (κ3) is 6.07. The summed E-state index contributed by atoms with van der Waals surface area (Å²) in [5.41, 5.74) is -1.78. The van der Waals surface area contributed by atoms with E-state index in [1.807, 2.05) is 13.8 Å². The molecule has 3 N–H and O–H groups in total. The second kappa shape index (κ2) is 9.96. The molecule has 2 aromatic heterocycles. The minimum Gasteiger partial charge on any atom is -0.467 e. The van der Waals surface area contributed by atoms with Crippen LogP contribution in [0.15, 0.2) is 40.0 Å². The van der Waals surface area contributed by atoms with Crippen molar-refractivity contribution < 1.29 is 19.1 Å². The first-order chi connectivity index (χ1) is 14.8. The maximum absolute atomic E-state index is 13.0. The number of nitrogens with one attached hydrogen (secondary N) is 2. The Morgan fingerprint density at radius 2 is 1.77 bits per heavy atom. The zero-order chi connectivity index (χ0) is 22.4. The van der Waals surface area contributed by atoms with Crippen LogP contribution >= 0.6 is 0 Å². The minimum atomic E-state index is -0.942. The van der Waals surface area contributed by atoms with Crippen LogP contribution in [0, 0.1) is 5.92 Å². The van der Waals surface area contributed by atoms with Crippen molar-refractivity contribution in [2.45, 2.75) is 64.6 Å². The van der Waals surface area contributed by atoms with Crippen molar-refractivity contribution in [3.63, 3.8) is 0 Å². The molecule has 0 spiro atoms. The van der Waals surface area contributed by atoms with Crippen LogP contribution < -0.4 is 16.1 Å². The number of hydrogen-bond acceptors (Lipinski definition) is 5. The molecule has 1 aliphatic carbocycles. The highest BCUT2D eigenvalue weighted by atomic mass is 16.3. The predicted molar refractivity (Wildman–Crippen MR) is 116 cm³/mol. The molecule has 168 valence electrons. The maximum Gasteiger partial charge on any atom is 0.257 e. The summed E-state index contributed by atoms with van der Waals surface area (Å²) in [6.45, 7) is 4.78. The SMILES string of the molecule is CC(C)Cn1cc(C(=O)NCc2ccco2)c(=O)c(C(=O)NCC2(O)CCCCC2)c1. The van der Waals surface area contributed by atoms with Gasteiger partial charge in [-0.15, -0.1) is 0 Å². The van der Waals surface area contributed by atoms with Crippen molar-refractivity contribution in [2.75, 3.05) is 6.54 Å². The summed E-state index contributed by atoms with van der Waals surface area (Å²) in [6.07, 6.45) is 8.61. The zero-order valence-electron chi connectivity index (χ0n) is 18.1. The second-order valence-corrected chi connectivity index (χ2v) is 8.74. The van der Waals surface area contributed by atoms with Crippen molar-refractivity contribution in [1.82, 2.24) is 15.2 Å². The van der Waals surface area contributed by atoms with E-state index in [9.17, 15) is 19.5 Å². The standard InChI is InChI=1S/C23H31N3O5/c1-16(2)12-26-13-18(21(28)24-11-17-7-6-10-31-17)20(27)19(14-26)22(29)25-15-23(30)8-4-3-5-9-23/h6-7,10,13-14,16,30H,3-5,8-9,11-12,15H2,1-2H3,(H,24,28)(H,25,29). The number of pyridine rings is 1. The largest absolute Gasteiger partial charge is 0.467 e. The van der Waals surface area contributed by atoms with Crippen LogP contribution in [-0.4, -0.2) is 33.6 Å². The Labute approximate surface area is 181 Å². The smallest absolute Gasteiger partial charge is 0.257 e. The number of aromatic nitrogens is 1. The van der Waals surface area contributed by atoms with Crippen molar-refractivity contribution >= 4 is 11.8 Å². The van der Waals surface area contributed by atoms with Crippen molar-refractivity contribution in [3.05, 3.63) is 57.9 Å². The molecular weight excluding hydrogens is 398 g/mol. The van der Waals surface area contributed by atoms with E-state index >= 15 is 0 Å². The number of amides is 2. The minimum absolute atomic E-state index is 0.0877. The number of nitrogens with zero attached hydrogens (tertiary/aromatic N) is 1. The van der Waals surface area contributed by atoms with Gasteiger partial charge in [-0.1, -0.05) is 33.1 Å². The molecule has 8 nitrogen and oxygen atoms in total. The number of carbonyl (C=O) groups excluding carboxylic acids is 2. The Hall–Kier alpha value is -2.87. The molecule has 1 aliphatic rings. The van der Waals surface area contributed by atoms with Gasteiger partial charge in [0, 0.05) is 25.5 Å². The number of hydrogen-bond donors (Lipinski definition) is 3. The molecule has 8 heteroatoms. The van der Waals surface area contributed by atoms with Gasteiger partial charge in [-0.2, -0.15) is 0 Å². The number of rotatable bonds is 8. The number of aliphatic hydroxyl groups is 1. The summed E-state index contributed by atoms with van der Waals surface area (Å²) >= 11 is 0. The lowest BCUT2D eigenvalue weighted by Gasteiger charge is -2.32. The Kier molecular flexibility index (Phi) is 7.33. The van der Waals surface area contributed by atoms with Gasteiger partial charge < -0.3 is 24.7 Å². The Bertz CT molecular complexity index is 956. The number of furan rings is 1. The van der Waals surface area contributed by atoms with E-state index in [4.69, 9.17) is 4.42 Å². The van der Waals surface area contributed by atoms with Crippen molar-refractivity contribution in [3.8, 4) is 0 Å². The lowest BCUT2D eigenvalue weighted by atomic mass is 9.85. The zero-order valence-corrected chi connectivity index (χ0v) is 18.1. The fraction of sp³-hybridized carbons (Fsp3) is 0.522. The molecule has 0 bridgehead atoms. The van der Waals surface area contributed by atoms with E-state index in [1.165, 1.54) is 18.7 Å². The molecule has 0 aliphatic heterocycles. The molecule has 1 saturated carbocycles. The molecule has 31 heavy (non-hydrogen) atoms. The van der Waals surface area contributed by atoms with Gasteiger partial charge in [-0.05, 0) is 30.9 Å². The van der Waals surface area contributed by atoms with Crippen LogP contribution in [0.5, 0.6) is 0 Å². The Morgan fingerprint density at radius 3 is 2.35 bits per heavy atom. The quantitative estimate of drug-likeness (QED) is 0.597. The van der Waals surface area contributed by atoms with Gasteiger partial charge in [0.15, 0.2) is 0 Å². The van der Waals surface area contributed by atoms with Crippen molar-refractivity contribution in [1.29, 1.82) is 0 Å². The van der Waals surface area contributed by atoms with Crippen LogP contribution in [0.2, 0.25) is 0 Å². The van der Waals surface area contributed by atoms with E-state index in [0.717, 1.165) is 19.3 Å². The highest BCUT2D eigenvalue weighted by Crippen LogP contribution is 2.27. The highest BCUT2D eigenvalue weighted by molar-refractivity contribution is 5.99. The van der Waals surface area contributed by atoms with Gasteiger partial charge in [-0.25, -0.2) is 0 Å². The van der Waals surface area contributed by atoms with Crippen molar-refractivity contribution in [2.24, 2.45) is 5.92 Å². The van der Waals surface area contributed by atoms with Gasteiger partial charge in [-0.3, -0.25) is 14.4 Å². The molecule has 0 unspecified atom stereocenters. The normalized spacial score (nSPS) is 15.6. The van der Waals surface area contributed by atoms with Crippen LogP contribution in [-0.2, 0) is 13.1 Å². The molecule has 2 aromatic rings. The lowest BCUT2D eigenvalue weighted by Crippen LogP contribution is -2.45. The monoisotopic (exact) mass is 429 g/mol. The van der Waals surface area contributed by atoms with Gasteiger partial charge in [0.1, 0.15) is 16.9 Å². The number of carbonyl (C=O) groups is 2. The summed E-state index contributed by atoms with van der Waals surface area (Å²) in [7, 11) is 0. The predicted octanol–water partition coefficient (Wildman–Crippen LogP) is 2.45. The van der Waals surface area contributed by atoms with Crippen LogP contribution in [0.3, 0.4) is 0 Å². The first-order valence-corrected chi connectivity index (χ1v) is 10.8. The molecule has 0 atom stereocenters. The molecule has 2 heterocycles. The first-order valence-electron chi connectivity index (χ1n) is 10.8. The van der Waals surface area contributed by atoms with E-state index in [0.29, 0.717) is 25.1 Å². The highest BCUT2D eigenvalue weighted by Gasteiger charge is 2.30. The summed E-state index contributed by atoms with van der Waals surface area (Å²) in [5, 5.41) is 16.0. The van der Waals surface area contributed by atoms with Gasteiger partial charge in [0.05, 0.1) is 18.4 Å². The first kappa shape index (κ1) is 22.8. The molecule has 2 amide bonds. The average Bonchev–Trinajstić information content (AvgIpc) is 3.25. The summed E-state index contributed by atoms with van der Waals surface area (Å²) in [6, 6.07) is 3.43. The lowest BCUT2D eigenvalue weighted by molar-refractivity contribution is 0.00523. The van der Waals surface area contributed by atoms with Gasteiger partial charge >= 0.3 is 0 Å². The summed E-state index contributed by atoms with van der Waals surface area (Å²) < 4.78 is 6.89. The van der Waals surface area contributed by atoms with E-state index in [1.54, 1.807) is 16.7 Å². The van der Waals surface area contributed by atoms with Gasteiger partial charge in [0.2, 0.25) is 5.43 Å². The van der Waals surface area contributed by atoms with E-state index in [-0.39, 0.29) is 30.1 Å². The third-order valence-electron chi connectivity index (χ3n) is 5.51. The summed E-state index contributed by atoms with van der Waals surface area (Å²) in [5.74, 6) is -0.340. The van der Waals surface area contributed by atoms with E-state index in [2.05, 4.69) is 10.6 Å². The molecular formula is C23H31N3O5. The Morgan fingerprint density at radius 1 is 1.13 bits per heavy atom. The second-order valence-electron chi connectivity index (χ2n) is 8.74. The fourth-order valence-electron chi connectivity index (χ4n) is 3.88. The average molecular weight is 430 g/mol. The topological polar surface area (TPSA) is 114 Å². The van der Waals surface area contributed by atoms with Crippen LogP contribution in [0.25, 0.3) is 0 Å². The van der Waals surface area contributed by atoms with E-state index < -0.39 is 22.8 Å². The molecule has 0 aromatic carbocycles. The van der Waals surface area contributed by atoms with Crippen LogP contribution in [0.4, 0.5) is 0 Å². The summed E-state index contributed by atoms with van der Waals surface area (Å²) in [4.78, 5) is 38.5. The third-order valence-corrected chi connectivity index (χ3v) is 5.51. The molecule has 0 saturated heterocycles. The molecule has 0 radical (unpaired) electrons.